The Morgan fingerprint density at radius 1 is 1.32 bits per heavy atom. The number of nitrogens with zero attached hydrogens (tertiary/aromatic N) is 2. The number of nitrogens with one attached hydrogen (secondary N) is 1. The zero-order valence-electron chi connectivity index (χ0n) is 12.4. The van der Waals surface area contributed by atoms with Gasteiger partial charge in [0.15, 0.2) is 0 Å². The number of benzene rings is 1. The molecule has 2 aromatic rings. The van der Waals surface area contributed by atoms with Gasteiger partial charge in [-0.1, -0.05) is 30.3 Å². The van der Waals surface area contributed by atoms with Crippen LogP contribution in [0.5, 0.6) is 0 Å². The van der Waals surface area contributed by atoms with Crippen LogP contribution in [0.3, 0.4) is 0 Å². The summed E-state index contributed by atoms with van der Waals surface area (Å²) in [6.45, 7) is 0.0885. The number of carbonyl (C=O) groups is 2. The SMILES string of the molecule is Cn1cc(CCC(=O)NCC(C(=O)O)c2ccccc2)cn1. The molecule has 0 aliphatic heterocycles. The zero-order chi connectivity index (χ0) is 15.9. The minimum Gasteiger partial charge on any atom is -0.481 e. The highest BCUT2D eigenvalue weighted by molar-refractivity contribution is 5.79. The summed E-state index contributed by atoms with van der Waals surface area (Å²) in [5.41, 5.74) is 1.66. The first-order chi connectivity index (χ1) is 10.6. The molecular formula is C16H19N3O3. The molecule has 0 bridgehead atoms. The Balaban J connectivity index is 1.84. The van der Waals surface area contributed by atoms with Crippen LogP contribution in [0.1, 0.15) is 23.5 Å². The third kappa shape index (κ3) is 4.44. The Morgan fingerprint density at radius 2 is 2.05 bits per heavy atom. The van der Waals surface area contributed by atoms with Crippen LogP contribution < -0.4 is 5.32 Å². The molecule has 6 heteroatoms. The van der Waals surface area contributed by atoms with Gasteiger partial charge in [0.25, 0.3) is 0 Å². The van der Waals surface area contributed by atoms with E-state index in [1.165, 1.54) is 0 Å². The summed E-state index contributed by atoms with van der Waals surface area (Å²) in [5, 5.41) is 16.0. The molecule has 0 saturated heterocycles. The number of carboxylic acids is 1. The number of hydrogen-bond donors (Lipinski definition) is 2. The Hall–Kier alpha value is -2.63. The average Bonchev–Trinajstić information content (AvgIpc) is 2.92. The summed E-state index contributed by atoms with van der Waals surface area (Å²) in [5.74, 6) is -1.84. The van der Waals surface area contributed by atoms with Gasteiger partial charge in [-0.2, -0.15) is 5.10 Å². The van der Waals surface area contributed by atoms with Crippen LogP contribution in [-0.4, -0.2) is 33.3 Å². The molecule has 6 nitrogen and oxygen atoms in total. The van der Waals surface area contributed by atoms with Gasteiger partial charge in [-0.3, -0.25) is 14.3 Å². The average molecular weight is 301 g/mol. The molecule has 2 rings (SSSR count). The van der Waals surface area contributed by atoms with Crippen molar-refractivity contribution in [1.29, 1.82) is 0 Å². The largest absolute Gasteiger partial charge is 0.481 e. The molecule has 1 aromatic heterocycles. The van der Waals surface area contributed by atoms with Crippen molar-refractivity contribution < 1.29 is 14.7 Å². The maximum absolute atomic E-state index is 11.9. The minimum absolute atomic E-state index is 0.0885. The van der Waals surface area contributed by atoms with Crippen molar-refractivity contribution in [2.24, 2.45) is 7.05 Å². The highest BCUT2D eigenvalue weighted by Crippen LogP contribution is 2.14. The molecule has 1 heterocycles. The van der Waals surface area contributed by atoms with Crippen LogP contribution >= 0.6 is 0 Å². The van der Waals surface area contributed by atoms with Gasteiger partial charge in [0, 0.05) is 26.2 Å². The zero-order valence-corrected chi connectivity index (χ0v) is 12.4. The van der Waals surface area contributed by atoms with E-state index in [-0.39, 0.29) is 12.5 Å². The third-order valence-electron chi connectivity index (χ3n) is 3.40. The molecule has 0 aliphatic rings. The molecule has 116 valence electrons. The van der Waals surface area contributed by atoms with Crippen LogP contribution in [0.4, 0.5) is 0 Å². The van der Waals surface area contributed by atoms with Crippen molar-refractivity contribution in [3.05, 3.63) is 53.9 Å². The highest BCUT2D eigenvalue weighted by Gasteiger charge is 2.20. The molecule has 1 amide bonds. The van der Waals surface area contributed by atoms with Gasteiger partial charge in [-0.15, -0.1) is 0 Å². The number of amides is 1. The van der Waals surface area contributed by atoms with Gasteiger partial charge < -0.3 is 10.4 Å². The maximum atomic E-state index is 11.9. The fraction of sp³-hybridized carbons (Fsp3) is 0.312. The predicted octanol–water partition coefficient (Wildman–Crippen LogP) is 1.34. The van der Waals surface area contributed by atoms with E-state index in [1.807, 2.05) is 19.3 Å². The first-order valence-electron chi connectivity index (χ1n) is 7.08. The highest BCUT2D eigenvalue weighted by atomic mass is 16.4. The van der Waals surface area contributed by atoms with Gasteiger partial charge in [-0.05, 0) is 17.5 Å². The van der Waals surface area contributed by atoms with Gasteiger partial charge in [0.1, 0.15) is 0 Å². The summed E-state index contributed by atoms with van der Waals surface area (Å²) in [6, 6.07) is 8.90. The van der Waals surface area contributed by atoms with Crippen LogP contribution in [-0.2, 0) is 23.1 Å². The molecule has 2 N–H and O–H groups in total. The molecule has 0 fully saturated rings. The van der Waals surface area contributed by atoms with Crippen LogP contribution in [0.25, 0.3) is 0 Å². The number of aryl methyl sites for hydroxylation is 2. The molecule has 1 unspecified atom stereocenters. The topological polar surface area (TPSA) is 84.2 Å². The minimum atomic E-state index is -0.946. The standard InChI is InChI=1S/C16H19N3O3/c1-19-11-12(9-18-19)7-8-15(20)17-10-14(16(21)22)13-5-3-2-4-6-13/h2-6,9,11,14H,7-8,10H2,1H3,(H,17,20)(H,21,22). The molecule has 0 radical (unpaired) electrons. The monoisotopic (exact) mass is 301 g/mol. The summed E-state index contributed by atoms with van der Waals surface area (Å²) >= 11 is 0. The molecule has 0 aliphatic carbocycles. The second kappa shape index (κ2) is 7.40. The second-order valence-corrected chi connectivity index (χ2v) is 5.13. The Morgan fingerprint density at radius 3 is 2.64 bits per heavy atom. The summed E-state index contributed by atoms with van der Waals surface area (Å²) in [7, 11) is 1.82. The van der Waals surface area contributed by atoms with Crippen LogP contribution in [0.15, 0.2) is 42.7 Å². The van der Waals surface area contributed by atoms with E-state index in [2.05, 4.69) is 10.4 Å². The molecule has 22 heavy (non-hydrogen) atoms. The fourth-order valence-corrected chi connectivity index (χ4v) is 2.20. The number of rotatable bonds is 7. The molecule has 1 atom stereocenters. The fourth-order valence-electron chi connectivity index (χ4n) is 2.20. The number of aliphatic carboxylic acids is 1. The summed E-state index contributed by atoms with van der Waals surface area (Å²) in [4.78, 5) is 23.2. The second-order valence-electron chi connectivity index (χ2n) is 5.13. The van der Waals surface area contributed by atoms with E-state index in [0.717, 1.165) is 5.56 Å². The lowest BCUT2D eigenvalue weighted by Crippen LogP contribution is -2.31. The quantitative estimate of drug-likeness (QED) is 0.808. The Kier molecular flexibility index (Phi) is 5.30. The van der Waals surface area contributed by atoms with Gasteiger partial charge in [0.2, 0.25) is 5.91 Å². The van der Waals surface area contributed by atoms with Crippen molar-refractivity contribution in [1.82, 2.24) is 15.1 Å². The van der Waals surface area contributed by atoms with Crippen LogP contribution in [0, 0.1) is 0 Å². The lowest BCUT2D eigenvalue weighted by atomic mass is 9.99. The van der Waals surface area contributed by atoms with E-state index in [0.29, 0.717) is 18.4 Å². The van der Waals surface area contributed by atoms with E-state index < -0.39 is 11.9 Å². The van der Waals surface area contributed by atoms with Crippen molar-refractivity contribution in [2.45, 2.75) is 18.8 Å². The number of hydrogen-bond acceptors (Lipinski definition) is 3. The van der Waals surface area contributed by atoms with Crippen molar-refractivity contribution in [3.8, 4) is 0 Å². The van der Waals surface area contributed by atoms with E-state index in [9.17, 15) is 14.7 Å². The Bertz CT molecular complexity index is 637. The smallest absolute Gasteiger partial charge is 0.312 e. The van der Waals surface area contributed by atoms with E-state index >= 15 is 0 Å². The molecular weight excluding hydrogens is 282 g/mol. The third-order valence-corrected chi connectivity index (χ3v) is 3.40. The first kappa shape index (κ1) is 15.8. The molecule has 0 saturated carbocycles. The van der Waals surface area contributed by atoms with E-state index in [1.54, 1.807) is 35.1 Å². The lowest BCUT2D eigenvalue weighted by Gasteiger charge is -2.13. The number of aromatic nitrogens is 2. The van der Waals surface area contributed by atoms with Crippen molar-refractivity contribution in [2.75, 3.05) is 6.54 Å². The maximum Gasteiger partial charge on any atom is 0.312 e. The Labute approximate surface area is 128 Å². The van der Waals surface area contributed by atoms with Gasteiger partial charge in [0.05, 0.1) is 12.1 Å². The number of carbonyl (C=O) groups excluding carboxylic acids is 1. The summed E-state index contributed by atoms with van der Waals surface area (Å²) in [6.07, 6.45) is 4.48. The van der Waals surface area contributed by atoms with Gasteiger partial charge >= 0.3 is 5.97 Å². The molecule has 0 spiro atoms. The summed E-state index contributed by atoms with van der Waals surface area (Å²) < 4.78 is 1.68. The van der Waals surface area contributed by atoms with Crippen LogP contribution in [0.2, 0.25) is 0 Å². The normalized spacial score (nSPS) is 11.9. The lowest BCUT2D eigenvalue weighted by molar-refractivity contribution is -0.138. The van der Waals surface area contributed by atoms with E-state index in [4.69, 9.17) is 0 Å². The molecule has 1 aromatic carbocycles. The van der Waals surface area contributed by atoms with Crippen molar-refractivity contribution >= 4 is 11.9 Å². The first-order valence-corrected chi connectivity index (χ1v) is 7.08. The van der Waals surface area contributed by atoms with Crippen molar-refractivity contribution in [3.63, 3.8) is 0 Å². The predicted molar refractivity (Wildman–Crippen MR) is 81.4 cm³/mol. The number of carboxylic acid groups (broad SMARTS) is 1. The van der Waals surface area contributed by atoms with Gasteiger partial charge in [-0.25, -0.2) is 0 Å².